The van der Waals surface area contributed by atoms with Crippen molar-refractivity contribution in [1.29, 1.82) is 0 Å². The third kappa shape index (κ3) is 12.1. The first-order chi connectivity index (χ1) is 19.6. The van der Waals surface area contributed by atoms with Gasteiger partial charge in [-0.1, -0.05) is 6.07 Å². The van der Waals surface area contributed by atoms with E-state index in [4.69, 9.17) is 34.7 Å². The summed E-state index contributed by atoms with van der Waals surface area (Å²) in [6.07, 6.45) is -10.4. The molecule has 4 heterocycles. The van der Waals surface area contributed by atoms with Gasteiger partial charge in [-0.05, 0) is 39.1 Å². The molecule has 0 saturated carbocycles. The van der Waals surface area contributed by atoms with Crippen LogP contribution in [0.3, 0.4) is 0 Å². The second-order valence-corrected chi connectivity index (χ2v) is 9.14. The Morgan fingerprint density at radius 3 is 1.63 bits per heavy atom. The number of carboxylic acids is 3. The summed E-state index contributed by atoms with van der Waals surface area (Å²) in [6.45, 7) is 5.63. The van der Waals surface area contributed by atoms with Crippen LogP contribution in [0.25, 0.3) is 5.65 Å². The molecule has 11 nitrogen and oxygen atoms in total. The summed E-state index contributed by atoms with van der Waals surface area (Å²) >= 11 is 0. The van der Waals surface area contributed by atoms with Crippen molar-refractivity contribution in [2.45, 2.75) is 37.4 Å². The largest absolute Gasteiger partial charge is 0.490 e. The molecular weight excluding hydrogens is 613 g/mol. The first-order valence-corrected chi connectivity index (χ1v) is 12.1. The van der Waals surface area contributed by atoms with Crippen LogP contribution < -0.4 is 4.90 Å². The van der Waals surface area contributed by atoms with Gasteiger partial charge in [0.1, 0.15) is 11.5 Å². The molecule has 2 aromatic heterocycles. The molecule has 0 amide bonds. The van der Waals surface area contributed by atoms with E-state index < -0.39 is 36.4 Å². The predicted molar refractivity (Wildman–Crippen MR) is 131 cm³/mol. The fraction of sp³-hybridized carbons (Fsp3) is 0.565. The molecule has 2 aromatic rings. The Bertz CT molecular complexity index is 1170. The molecule has 43 heavy (non-hydrogen) atoms. The number of aliphatic carboxylic acids is 3. The van der Waals surface area contributed by atoms with E-state index in [0.717, 1.165) is 25.3 Å². The number of nitrogens with zero attached hydrogens (tertiary/aromatic N) is 5. The summed E-state index contributed by atoms with van der Waals surface area (Å²) in [5.74, 6) is -6.98. The third-order valence-electron chi connectivity index (χ3n) is 5.84. The number of aromatic nitrogens is 2. The van der Waals surface area contributed by atoms with E-state index in [1.165, 1.54) is 37.4 Å². The van der Waals surface area contributed by atoms with Crippen molar-refractivity contribution in [2.75, 3.05) is 51.7 Å². The van der Waals surface area contributed by atoms with Gasteiger partial charge in [0.2, 0.25) is 0 Å². The maximum absolute atomic E-state index is 10.6. The maximum atomic E-state index is 10.6. The van der Waals surface area contributed by atoms with E-state index in [2.05, 4.69) is 57.6 Å². The van der Waals surface area contributed by atoms with Gasteiger partial charge in [-0.2, -0.15) is 39.5 Å². The first kappa shape index (κ1) is 37.2. The molecule has 0 aliphatic carbocycles. The van der Waals surface area contributed by atoms with Crippen LogP contribution in [-0.2, 0) is 14.4 Å². The van der Waals surface area contributed by atoms with E-state index in [1.54, 1.807) is 0 Å². The molecule has 1 atom stereocenters. The van der Waals surface area contributed by atoms with Crippen molar-refractivity contribution in [3.63, 3.8) is 0 Å². The molecule has 2 aliphatic heterocycles. The number of alkyl halides is 9. The van der Waals surface area contributed by atoms with Gasteiger partial charge in [-0.25, -0.2) is 19.4 Å². The number of carbonyl (C=O) groups is 3. The molecule has 0 radical (unpaired) electrons. The van der Waals surface area contributed by atoms with Crippen molar-refractivity contribution in [2.24, 2.45) is 0 Å². The van der Waals surface area contributed by atoms with Gasteiger partial charge in [-0.3, -0.25) is 9.30 Å². The smallest absolute Gasteiger partial charge is 0.475 e. The summed E-state index contributed by atoms with van der Waals surface area (Å²) in [5, 5.41) is 21.4. The van der Waals surface area contributed by atoms with E-state index in [-0.39, 0.29) is 0 Å². The average Bonchev–Trinajstić information content (AvgIpc) is 3.55. The van der Waals surface area contributed by atoms with Crippen LogP contribution in [0, 0.1) is 0 Å². The highest BCUT2D eigenvalue weighted by Gasteiger charge is 2.39. The molecule has 0 bridgehead atoms. The van der Waals surface area contributed by atoms with Crippen LogP contribution >= 0.6 is 0 Å². The number of rotatable bonds is 2. The second-order valence-electron chi connectivity index (χ2n) is 9.14. The Labute approximate surface area is 237 Å². The van der Waals surface area contributed by atoms with Crippen LogP contribution in [0.5, 0.6) is 0 Å². The zero-order valence-corrected chi connectivity index (χ0v) is 22.5. The standard InChI is InChI=1S/C17H25N5.3C2HF3O2/c1-19-10-11-20(2)15(13-19)14-12-22-16(18-14)6-5-7-17(22)21-8-3-4-9-21;3*3-2(4,5)1(6)7/h5-7,12,15H,3-4,8-11,13H2,1-2H3;3*(H,6,7). The number of halogens is 9. The average molecular weight is 641 g/mol. The fourth-order valence-electron chi connectivity index (χ4n) is 3.71. The SMILES string of the molecule is CN1CCN(C)C(c2cn3c(N4CCCC4)cccc3n2)C1.O=C(O)C(F)(F)F.O=C(O)C(F)(F)F.O=C(O)C(F)(F)F. The molecule has 0 spiro atoms. The minimum atomic E-state index is -5.08. The summed E-state index contributed by atoms with van der Waals surface area (Å²) < 4.78 is 97.5. The van der Waals surface area contributed by atoms with Crippen LogP contribution in [0.4, 0.5) is 45.3 Å². The highest BCUT2D eigenvalue weighted by atomic mass is 19.4. The summed E-state index contributed by atoms with van der Waals surface area (Å²) in [7, 11) is 4.41. The van der Waals surface area contributed by atoms with E-state index in [9.17, 15) is 39.5 Å². The lowest BCUT2D eigenvalue weighted by atomic mass is 10.1. The Morgan fingerprint density at radius 2 is 1.21 bits per heavy atom. The van der Waals surface area contributed by atoms with E-state index in [1.807, 2.05) is 0 Å². The van der Waals surface area contributed by atoms with Crippen LogP contribution in [0.2, 0.25) is 0 Å². The normalized spacial score (nSPS) is 18.0. The van der Waals surface area contributed by atoms with Crippen LogP contribution in [-0.4, -0.2) is 118 Å². The lowest BCUT2D eigenvalue weighted by molar-refractivity contribution is -0.193. The molecule has 2 saturated heterocycles. The van der Waals surface area contributed by atoms with Crippen molar-refractivity contribution in [3.8, 4) is 0 Å². The number of hydrogen-bond donors (Lipinski definition) is 3. The molecule has 20 heteroatoms. The number of fused-ring (bicyclic) bond motifs is 1. The Kier molecular flexibility index (Phi) is 13.0. The summed E-state index contributed by atoms with van der Waals surface area (Å²) in [5.41, 5.74) is 2.27. The number of piperazine rings is 1. The second kappa shape index (κ2) is 15.1. The van der Waals surface area contributed by atoms with E-state index >= 15 is 0 Å². The van der Waals surface area contributed by atoms with Crippen molar-refractivity contribution < 1.29 is 69.2 Å². The molecule has 4 rings (SSSR count). The quantitative estimate of drug-likeness (QED) is 0.416. The van der Waals surface area contributed by atoms with Gasteiger partial charge in [-0.15, -0.1) is 0 Å². The summed E-state index contributed by atoms with van der Waals surface area (Å²) in [6, 6.07) is 6.87. The molecule has 244 valence electrons. The number of likely N-dealkylation sites (N-methyl/N-ethyl adjacent to an activating group) is 2. The highest BCUT2D eigenvalue weighted by molar-refractivity contribution is 5.73. The van der Waals surface area contributed by atoms with Crippen LogP contribution in [0.1, 0.15) is 24.6 Å². The molecule has 2 fully saturated rings. The highest BCUT2D eigenvalue weighted by Crippen LogP contribution is 2.27. The van der Waals surface area contributed by atoms with Gasteiger partial charge in [0.15, 0.2) is 0 Å². The van der Waals surface area contributed by atoms with Gasteiger partial charge in [0.25, 0.3) is 0 Å². The monoisotopic (exact) mass is 641 g/mol. The fourth-order valence-corrected chi connectivity index (χ4v) is 3.71. The van der Waals surface area contributed by atoms with Gasteiger partial charge in [0.05, 0.1) is 11.7 Å². The number of carboxylic acid groups (broad SMARTS) is 3. The number of pyridine rings is 1. The van der Waals surface area contributed by atoms with Crippen molar-refractivity contribution >= 4 is 29.4 Å². The zero-order chi connectivity index (χ0) is 33.3. The predicted octanol–water partition coefficient (Wildman–Crippen LogP) is 3.75. The Balaban J connectivity index is 0.000000363. The Morgan fingerprint density at radius 1 is 0.767 bits per heavy atom. The third-order valence-corrected chi connectivity index (χ3v) is 5.84. The molecule has 1 unspecified atom stereocenters. The lowest BCUT2D eigenvalue weighted by Crippen LogP contribution is -2.44. The number of hydrogen-bond acceptors (Lipinski definition) is 7. The van der Waals surface area contributed by atoms with E-state index in [0.29, 0.717) is 6.04 Å². The molecular formula is C23H28F9N5O6. The van der Waals surface area contributed by atoms with Gasteiger partial charge >= 0.3 is 36.4 Å². The zero-order valence-electron chi connectivity index (χ0n) is 22.5. The maximum Gasteiger partial charge on any atom is 0.490 e. The molecule has 2 aliphatic rings. The lowest BCUT2D eigenvalue weighted by Gasteiger charge is -2.36. The minimum Gasteiger partial charge on any atom is -0.475 e. The Hall–Kier alpha value is -3.81. The molecule has 3 N–H and O–H groups in total. The van der Waals surface area contributed by atoms with Gasteiger partial charge < -0.3 is 25.1 Å². The molecule has 0 aromatic carbocycles. The van der Waals surface area contributed by atoms with Crippen LogP contribution in [0.15, 0.2) is 24.4 Å². The number of anilines is 1. The van der Waals surface area contributed by atoms with Crippen molar-refractivity contribution in [3.05, 3.63) is 30.1 Å². The minimum absolute atomic E-state index is 0.394. The van der Waals surface area contributed by atoms with Crippen molar-refractivity contribution in [1.82, 2.24) is 19.2 Å². The number of imidazole rings is 1. The van der Waals surface area contributed by atoms with Gasteiger partial charge in [0, 0.05) is 38.9 Å². The topological polar surface area (TPSA) is 139 Å². The summed E-state index contributed by atoms with van der Waals surface area (Å²) in [4.78, 5) is 38.9. The first-order valence-electron chi connectivity index (χ1n) is 12.1.